The van der Waals surface area contributed by atoms with Gasteiger partial charge in [-0.2, -0.15) is 5.26 Å². The second-order valence-electron chi connectivity index (χ2n) is 5.52. The summed E-state index contributed by atoms with van der Waals surface area (Å²) in [6.45, 7) is 1.91. The molecule has 0 bridgehead atoms. The third-order valence-corrected chi connectivity index (χ3v) is 4.19. The van der Waals surface area contributed by atoms with E-state index in [2.05, 4.69) is 14.8 Å². The average molecular weight is 368 g/mol. The lowest BCUT2D eigenvalue weighted by Crippen LogP contribution is -2.18. The van der Waals surface area contributed by atoms with Gasteiger partial charge in [0.05, 0.1) is 17.2 Å². The second-order valence-corrected chi connectivity index (χ2v) is 6.28. The predicted octanol–water partition coefficient (Wildman–Crippen LogP) is 1.29. The first-order chi connectivity index (χ1) is 12.5. The van der Waals surface area contributed by atoms with Crippen molar-refractivity contribution in [2.45, 2.75) is 13.5 Å². The van der Waals surface area contributed by atoms with E-state index in [0.29, 0.717) is 33.8 Å². The molecule has 132 valence electrons. The van der Waals surface area contributed by atoms with E-state index in [9.17, 15) is 13.6 Å². The van der Waals surface area contributed by atoms with Crippen LogP contribution in [0.3, 0.4) is 0 Å². The summed E-state index contributed by atoms with van der Waals surface area (Å²) in [4.78, 5) is 17.0. The molecule has 2 aromatic heterocycles. The number of aromatic amines is 1. The number of H-pyrrole nitrogens is 1. The molecular formula is C17H14N5O3S-. The molecule has 2 N–H and O–H groups in total. The molecule has 0 spiro atoms. The summed E-state index contributed by atoms with van der Waals surface area (Å²) in [5, 5.41) is 11.9. The Balaban J connectivity index is 1.93. The van der Waals surface area contributed by atoms with Gasteiger partial charge in [-0.1, -0.05) is 18.2 Å². The van der Waals surface area contributed by atoms with E-state index in [1.54, 1.807) is 43.3 Å². The van der Waals surface area contributed by atoms with E-state index >= 15 is 0 Å². The Morgan fingerprint density at radius 1 is 1.31 bits per heavy atom. The van der Waals surface area contributed by atoms with Crippen molar-refractivity contribution in [3.63, 3.8) is 0 Å². The van der Waals surface area contributed by atoms with Crippen molar-refractivity contribution < 1.29 is 8.76 Å². The van der Waals surface area contributed by atoms with Gasteiger partial charge in [0, 0.05) is 29.7 Å². The summed E-state index contributed by atoms with van der Waals surface area (Å²) in [5.41, 5.74) is 2.82. The first kappa shape index (κ1) is 17.8. The van der Waals surface area contributed by atoms with Crippen LogP contribution in [0.2, 0.25) is 0 Å². The SMILES string of the molecule is Cc1[nH]n(-c2ccc(CNS(=O)[O-])cn2)c(=O)c1-c1ccc(C#N)cc1. The highest BCUT2D eigenvalue weighted by Gasteiger charge is 2.15. The molecule has 1 unspecified atom stereocenters. The van der Waals surface area contributed by atoms with Gasteiger partial charge in [-0.25, -0.2) is 14.4 Å². The molecule has 0 aliphatic carbocycles. The summed E-state index contributed by atoms with van der Waals surface area (Å²) in [7, 11) is 0. The Morgan fingerprint density at radius 2 is 2.04 bits per heavy atom. The highest BCUT2D eigenvalue weighted by molar-refractivity contribution is 7.77. The second kappa shape index (κ2) is 7.45. The third-order valence-electron chi connectivity index (χ3n) is 3.81. The van der Waals surface area contributed by atoms with Crippen molar-refractivity contribution in [3.05, 3.63) is 69.8 Å². The van der Waals surface area contributed by atoms with Crippen LogP contribution >= 0.6 is 0 Å². The lowest BCUT2D eigenvalue weighted by atomic mass is 10.1. The summed E-state index contributed by atoms with van der Waals surface area (Å²) in [5.74, 6) is 0.394. The monoisotopic (exact) mass is 368 g/mol. The zero-order valence-electron chi connectivity index (χ0n) is 13.7. The number of nitrogens with one attached hydrogen (secondary N) is 2. The number of nitriles is 1. The minimum absolute atomic E-state index is 0.124. The molecule has 3 aromatic rings. The third kappa shape index (κ3) is 3.62. The van der Waals surface area contributed by atoms with Crippen LogP contribution in [0.25, 0.3) is 16.9 Å². The highest BCUT2D eigenvalue weighted by atomic mass is 32.2. The molecule has 2 heterocycles. The van der Waals surface area contributed by atoms with E-state index in [1.165, 1.54) is 10.9 Å². The normalized spacial score (nSPS) is 11.9. The van der Waals surface area contributed by atoms with Gasteiger partial charge in [0.2, 0.25) is 0 Å². The molecule has 0 radical (unpaired) electrons. The van der Waals surface area contributed by atoms with Crippen LogP contribution in [0.4, 0.5) is 0 Å². The Labute approximate surface area is 151 Å². The van der Waals surface area contributed by atoms with Crippen LogP contribution in [-0.4, -0.2) is 23.5 Å². The fourth-order valence-corrected chi connectivity index (χ4v) is 2.84. The molecule has 0 saturated carbocycles. The maximum atomic E-state index is 12.8. The summed E-state index contributed by atoms with van der Waals surface area (Å²) < 4.78 is 24.6. The van der Waals surface area contributed by atoms with Crippen molar-refractivity contribution >= 4 is 11.3 Å². The largest absolute Gasteiger partial charge is 0.760 e. The van der Waals surface area contributed by atoms with Crippen LogP contribution in [0, 0.1) is 18.3 Å². The average Bonchev–Trinajstić information content (AvgIpc) is 2.95. The van der Waals surface area contributed by atoms with E-state index in [4.69, 9.17) is 5.26 Å². The molecule has 3 rings (SSSR count). The molecule has 0 aliphatic rings. The van der Waals surface area contributed by atoms with E-state index < -0.39 is 11.3 Å². The number of rotatable bonds is 5. The van der Waals surface area contributed by atoms with E-state index in [1.807, 2.05) is 6.07 Å². The molecule has 0 fully saturated rings. The van der Waals surface area contributed by atoms with Crippen LogP contribution in [0.15, 0.2) is 47.4 Å². The van der Waals surface area contributed by atoms with Gasteiger partial charge in [-0.05, 0) is 36.2 Å². The molecule has 1 atom stereocenters. The first-order valence-corrected chi connectivity index (χ1v) is 8.67. The summed E-state index contributed by atoms with van der Waals surface area (Å²) in [6, 6.07) is 12.1. The Hall–Kier alpha value is -3.06. The first-order valence-electron chi connectivity index (χ1n) is 7.60. The van der Waals surface area contributed by atoms with Crippen LogP contribution < -0.4 is 10.3 Å². The Kier molecular flexibility index (Phi) is 5.09. The standard InChI is InChI=1S/C17H15N5O3S/c1-11-16(14-5-2-12(8-18)3-6-14)17(23)22(21-11)15-7-4-13(9-19-15)10-20-26(24)25/h2-7,9,20-21H,10H2,1H3,(H,24,25)/p-1. The van der Waals surface area contributed by atoms with Gasteiger partial charge in [-0.3, -0.25) is 14.1 Å². The van der Waals surface area contributed by atoms with E-state index in [0.717, 1.165) is 0 Å². The predicted molar refractivity (Wildman–Crippen MR) is 94.8 cm³/mol. The number of hydrogen-bond donors (Lipinski definition) is 2. The smallest absolute Gasteiger partial charge is 0.280 e. The fourth-order valence-electron chi connectivity index (χ4n) is 2.56. The Morgan fingerprint density at radius 3 is 2.62 bits per heavy atom. The van der Waals surface area contributed by atoms with Gasteiger partial charge in [-0.15, -0.1) is 0 Å². The lowest BCUT2D eigenvalue weighted by molar-refractivity contribution is 0.522. The van der Waals surface area contributed by atoms with Crippen LogP contribution in [-0.2, 0) is 17.8 Å². The number of benzene rings is 1. The number of pyridine rings is 1. The molecule has 8 nitrogen and oxygen atoms in total. The van der Waals surface area contributed by atoms with Crippen molar-refractivity contribution in [2.75, 3.05) is 0 Å². The quantitative estimate of drug-likeness (QED) is 0.656. The molecule has 9 heteroatoms. The van der Waals surface area contributed by atoms with Gasteiger partial charge < -0.3 is 4.55 Å². The molecule has 0 saturated heterocycles. The van der Waals surface area contributed by atoms with Crippen LogP contribution in [0.5, 0.6) is 0 Å². The van der Waals surface area contributed by atoms with Crippen LogP contribution in [0.1, 0.15) is 16.8 Å². The minimum atomic E-state index is -2.34. The number of aryl methyl sites for hydroxylation is 1. The number of nitrogens with zero attached hydrogens (tertiary/aromatic N) is 3. The van der Waals surface area contributed by atoms with Crippen molar-refractivity contribution in [2.24, 2.45) is 0 Å². The van der Waals surface area contributed by atoms with E-state index in [-0.39, 0.29) is 12.1 Å². The molecule has 1 aromatic carbocycles. The molecule has 0 aliphatic heterocycles. The Bertz CT molecular complexity index is 1050. The highest BCUT2D eigenvalue weighted by Crippen LogP contribution is 2.20. The van der Waals surface area contributed by atoms with Gasteiger partial charge in [0.25, 0.3) is 5.56 Å². The van der Waals surface area contributed by atoms with Gasteiger partial charge in [0.15, 0.2) is 5.82 Å². The topological polar surface area (TPSA) is 127 Å². The zero-order valence-corrected chi connectivity index (χ0v) is 14.5. The van der Waals surface area contributed by atoms with Gasteiger partial charge >= 0.3 is 0 Å². The molecular weight excluding hydrogens is 354 g/mol. The van der Waals surface area contributed by atoms with Crippen molar-refractivity contribution in [1.29, 1.82) is 5.26 Å². The maximum absolute atomic E-state index is 12.8. The fraction of sp³-hybridized carbons (Fsp3) is 0.118. The summed E-state index contributed by atoms with van der Waals surface area (Å²) >= 11 is -2.34. The molecule has 0 amide bonds. The van der Waals surface area contributed by atoms with Crippen molar-refractivity contribution in [1.82, 2.24) is 19.5 Å². The zero-order chi connectivity index (χ0) is 18.7. The number of hydrogen-bond acceptors (Lipinski definition) is 5. The summed E-state index contributed by atoms with van der Waals surface area (Å²) in [6.07, 6.45) is 1.50. The minimum Gasteiger partial charge on any atom is -0.760 e. The van der Waals surface area contributed by atoms with Crippen molar-refractivity contribution in [3.8, 4) is 23.0 Å². The lowest BCUT2D eigenvalue weighted by Gasteiger charge is -2.07. The van der Waals surface area contributed by atoms with Gasteiger partial charge in [0.1, 0.15) is 0 Å². The molecule has 26 heavy (non-hydrogen) atoms. The maximum Gasteiger partial charge on any atom is 0.280 e. The number of aromatic nitrogens is 3.